The third kappa shape index (κ3) is 5.30. The Kier molecular flexibility index (Phi) is 6.73. The first-order valence-corrected chi connectivity index (χ1v) is 11.3. The number of alkyl halides is 3. The second-order valence-electron chi connectivity index (χ2n) is 7.72. The van der Waals surface area contributed by atoms with Crippen molar-refractivity contribution in [3.05, 3.63) is 70.3 Å². The second kappa shape index (κ2) is 9.72. The summed E-state index contributed by atoms with van der Waals surface area (Å²) in [4.78, 5) is 39.5. The van der Waals surface area contributed by atoms with Crippen molar-refractivity contribution in [1.29, 1.82) is 0 Å². The standard InChI is InChI=1S/C23H20F3N3O4S/c24-23(25,26)16-13-15(27-21(31)18-3-1-11-33-18)5-6-17(16)28-20(30)14-7-9-29(10-8-14)22(32)19-4-2-12-34-19/h1-6,11-14H,7-10H2,(H,27,31)(H,28,30). The number of nitrogens with one attached hydrogen (secondary N) is 2. The largest absolute Gasteiger partial charge is 0.459 e. The van der Waals surface area contributed by atoms with E-state index >= 15 is 0 Å². The van der Waals surface area contributed by atoms with Gasteiger partial charge in [0.25, 0.3) is 11.8 Å². The number of thiophene rings is 1. The molecule has 0 saturated carbocycles. The zero-order chi connectivity index (χ0) is 24.3. The van der Waals surface area contributed by atoms with Crippen LogP contribution in [-0.2, 0) is 11.0 Å². The summed E-state index contributed by atoms with van der Waals surface area (Å²) in [5.74, 6) is -1.91. The van der Waals surface area contributed by atoms with Crippen LogP contribution in [0.3, 0.4) is 0 Å². The van der Waals surface area contributed by atoms with Gasteiger partial charge in [-0.25, -0.2) is 0 Å². The third-order valence-electron chi connectivity index (χ3n) is 5.47. The van der Waals surface area contributed by atoms with Gasteiger partial charge in [0.05, 0.1) is 22.4 Å². The molecule has 7 nitrogen and oxygen atoms in total. The molecule has 0 aliphatic carbocycles. The van der Waals surface area contributed by atoms with E-state index in [1.54, 1.807) is 22.4 Å². The number of nitrogens with zero attached hydrogens (tertiary/aromatic N) is 1. The SMILES string of the molecule is O=C(Nc1ccc(NC(=O)C2CCN(C(=O)c3cccs3)CC2)c(C(F)(F)F)c1)c1ccco1. The van der Waals surface area contributed by atoms with Crippen molar-refractivity contribution in [2.45, 2.75) is 19.0 Å². The lowest BCUT2D eigenvalue weighted by Crippen LogP contribution is -2.41. The van der Waals surface area contributed by atoms with Crippen molar-refractivity contribution in [3.8, 4) is 0 Å². The number of carbonyl (C=O) groups is 3. The molecule has 3 heterocycles. The normalized spacial score (nSPS) is 14.6. The summed E-state index contributed by atoms with van der Waals surface area (Å²) >= 11 is 1.33. The summed E-state index contributed by atoms with van der Waals surface area (Å²) in [6.07, 6.45) is -2.79. The molecule has 3 aromatic rings. The van der Waals surface area contributed by atoms with E-state index in [2.05, 4.69) is 10.6 Å². The maximum absolute atomic E-state index is 13.7. The molecule has 2 aromatic heterocycles. The average Bonchev–Trinajstić information content (AvgIpc) is 3.53. The van der Waals surface area contributed by atoms with Crippen LogP contribution in [0.5, 0.6) is 0 Å². The molecule has 0 radical (unpaired) electrons. The van der Waals surface area contributed by atoms with E-state index in [1.165, 1.54) is 35.8 Å². The predicted molar refractivity (Wildman–Crippen MR) is 120 cm³/mol. The fourth-order valence-electron chi connectivity index (χ4n) is 3.70. The fourth-order valence-corrected chi connectivity index (χ4v) is 4.39. The predicted octanol–water partition coefficient (Wildman–Crippen LogP) is 5.10. The summed E-state index contributed by atoms with van der Waals surface area (Å²) in [7, 11) is 0. The number of anilines is 2. The number of piperidine rings is 1. The lowest BCUT2D eigenvalue weighted by atomic mass is 9.95. The van der Waals surface area contributed by atoms with Crippen molar-refractivity contribution in [3.63, 3.8) is 0 Å². The van der Waals surface area contributed by atoms with Gasteiger partial charge < -0.3 is 20.0 Å². The molecular formula is C23H20F3N3O4S. The van der Waals surface area contributed by atoms with Crippen molar-refractivity contribution in [1.82, 2.24) is 4.90 Å². The van der Waals surface area contributed by atoms with Crippen LogP contribution in [0.1, 0.15) is 38.6 Å². The quantitative estimate of drug-likeness (QED) is 0.519. The van der Waals surface area contributed by atoms with E-state index < -0.39 is 35.2 Å². The Morgan fingerprint density at radius 1 is 1.03 bits per heavy atom. The Balaban J connectivity index is 1.42. The summed E-state index contributed by atoms with van der Waals surface area (Å²) in [6.45, 7) is 0.692. The van der Waals surface area contributed by atoms with E-state index in [9.17, 15) is 27.6 Å². The van der Waals surface area contributed by atoms with Crippen LogP contribution >= 0.6 is 11.3 Å². The first-order chi connectivity index (χ1) is 16.2. The molecule has 0 atom stereocenters. The third-order valence-corrected chi connectivity index (χ3v) is 6.33. The van der Waals surface area contributed by atoms with Crippen molar-refractivity contribution >= 4 is 40.4 Å². The molecule has 4 rings (SSSR count). The molecule has 1 aliphatic heterocycles. The average molecular weight is 491 g/mol. The Morgan fingerprint density at radius 2 is 1.79 bits per heavy atom. The van der Waals surface area contributed by atoms with Gasteiger partial charge in [0, 0.05) is 24.7 Å². The van der Waals surface area contributed by atoms with Gasteiger partial charge in [0.1, 0.15) is 0 Å². The summed E-state index contributed by atoms with van der Waals surface area (Å²) in [5.41, 5.74) is -1.57. The highest BCUT2D eigenvalue weighted by atomic mass is 32.1. The van der Waals surface area contributed by atoms with Crippen LogP contribution in [0.15, 0.2) is 58.5 Å². The van der Waals surface area contributed by atoms with Crippen molar-refractivity contribution in [2.24, 2.45) is 5.92 Å². The Labute approximate surface area is 196 Å². The van der Waals surface area contributed by atoms with Crippen LogP contribution < -0.4 is 10.6 Å². The minimum atomic E-state index is -4.76. The van der Waals surface area contributed by atoms with Crippen LogP contribution in [0.25, 0.3) is 0 Å². The number of amides is 3. The van der Waals surface area contributed by atoms with E-state index in [-0.39, 0.29) is 17.4 Å². The van der Waals surface area contributed by atoms with Crippen molar-refractivity contribution < 1.29 is 32.0 Å². The van der Waals surface area contributed by atoms with Gasteiger partial charge in [-0.2, -0.15) is 13.2 Å². The zero-order valence-corrected chi connectivity index (χ0v) is 18.5. The highest BCUT2D eigenvalue weighted by Crippen LogP contribution is 2.37. The molecule has 1 fully saturated rings. The molecule has 1 aromatic carbocycles. The topological polar surface area (TPSA) is 91.7 Å². The molecule has 0 unspecified atom stereocenters. The molecule has 1 aliphatic rings. The summed E-state index contributed by atoms with van der Waals surface area (Å²) < 4.78 is 46.0. The number of hydrogen-bond donors (Lipinski definition) is 2. The Morgan fingerprint density at radius 3 is 2.41 bits per heavy atom. The van der Waals surface area contributed by atoms with E-state index in [4.69, 9.17) is 4.42 Å². The van der Waals surface area contributed by atoms with E-state index in [0.29, 0.717) is 30.8 Å². The van der Waals surface area contributed by atoms with Crippen LogP contribution in [0, 0.1) is 5.92 Å². The number of benzene rings is 1. The number of likely N-dealkylation sites (tertiary alicyclic amines) is 1. The maximum atomic E-state index is 13.7. The number of furan rings is 1. The Bertz CT molecular complexity index is 1170. The smallest absolute Gasteiger partial charge is 0.418 e. The van der Waals surface area contributed by atoms with E-state index in [0.717, 1.165) is 12.1 Å². The lowest BCUT2D eigenvalue weighted by molar-refractivity contribution is -0.137. The van der Waals surface area contributed by atoms with Gasteiger partial charge in [0.15, 0.2) is 5.76 Å². The molecule has 34 heavy (non-hydrogen) atoms. The zero-order valence-electron chi connectivity index (χ0n) is 17.7. The molecule has 11 heteroatoms. The monoisotopic (exact) mass is 491 g/mol. The molecule has 2 N–H and O–H groups in total. The van der Waals surface area contributed by atoms with Crippen LogP contribution in [-0.4, -0.2) is 35.7 Å². The molecule has 0 bridgehead atoms. The number of carbonyl (C=O) groups excluding carboxylic acids is 3. The van der Waals surface area contributed by atoms with Gasteiger partial charge in [-0.05, 0) is 54.6 Å². The highest BCUT2D eigenvalue weighted by Gasteiger charge is 2.35. The number of hydrogen-bond acceptors (Lipinski definition) is 5. The number of halogens is 3. The van der Waals surface area contributed by atoms with Gasteiger partial charge in [-0.1, -0.05) is 6.07 Å². The second-order valence-corrected chi connectivity index (χ2v) is 8.67. The molecule has 3 amide bonds. The molecule has 1 saturated heterocycles. The van der Waals surface area contributed by atoms with Gasteiger partial charge in [0.2, 0.25) is 5.91 Å². The van der Waals surface area contributed by atoms with Gasteiger partial charge in [-0.15, -0.1) is 11.3 Å². The molecule has 178 valence electrons. The summed E-state index contributed by atoms with van der Waals surface area (Å²) in [5, 5.41) is 6.53. The fraction of sp³-hybridized carbons (Fsp3) is 0.261. The highest BCUT2D eigenvalue weighted by molar-refractivity contribution is 7.12. The maximum Gasteiger partial charge on any atom is 0.418 e. The van der Waals surface area contributed by atoms with Gasteiger partial charge in [-0.3, -0.25) is 14.4 Å². The number of rotatable bonds is 5. The molecular weight excluding hydrogens is 471 g/mol. The first kappa shape index (κ1) is 23.6. The van der Waals surface area contributed by atoms with Gasteiger partial charge >= 0.3 is 6.18 Å². The Hall–Kier alpha value is -3.60. The van der Waals surface area contributed by atoms with E-state index in [1.807, 2.05) is 0 Å². The minimum Gasteiger partial charge on any atom is -0.459 e. The van der Waals surface area contributed by atoms with Crippen LogP contribution in [0.4, 0.5) is 24.5 Å². The van der Waals surface area contributed by atoms with Crippen LogP contribution in [0.2, 0.25) is 0 Å². The molecule has 0 spiro atoms. The lowest BCUT2D eigenvalue weighted by Gasteiger charge is -2.31. The minimum absolute atomic E-state index is 0.0464. The first-order valence-electron chi connectivity index (χ1n) is 10.4. The summed E-state index contributed by atoms with van der Waals surface area (Å²) in [6, 6.07) is 9.51. The van der Waals surface area contributed by atoms with Crippen molar-refractivity contribution in [2.75, 3.05) is 23.7 Å².